The highest BCUT2D eigenvalue weighted by atomic mass is 79.9. The zero-order valence-electron chi connectivity index (χ0n) is 9.40. The van der Waals surface area contributed by atoms with Crippen LogP contribution in [0.3, 0.4) is 0 Å². The molecule has 2 rings (SSSR count). The molecule has 0 amide bonds. The Hall–Kier alpha value is -0.730. The van der Waals surface area contributed by atoms with Gasteiger partial charge in [-0.15, -0.1) is 0 Å². The van der Waals surface area contributed by atoms with E-state index in [0.29, 0.717) is 4.83 Å². The van der Waals surface area contributed by atoms with Crippen LogP contribution in [0.4, 0.5) is 0 Å². The molecule has 17 heavy (non-hydrogen) atoms. The highest BCUT2D eigenvalue weighted by Gasteiger charge is 2.07. The van der Waals surface area contributed by atoms with Crippen molar-refractivity contribution in [3.8, 4) is 0 Å². The number of furan rings is 1. The van der Waals surface area contributed by atoms with E-state index in [9.17, 15) is 0 Å². The molecule has 1 nitrogen and oxygen atoms in total. The second-order valence-corrected chi connectivity index (χ2v) is 5.78. The monoisotopic (exact) mass is 312 g/mol. The highest BCUT2D eigenvalue weighted by molar-refractivity contribution is 9.09. The fourth-order valence-corrected chi connectivity index (χ4v) is 2.46. The summed E-state index contributed by atoms with van der Waals surface area (Å²) in [5, 5.41) is 0.787. The van der Waals surface area contributed by atoms with E-state index in [0.717, 1.165) is 30.0 Å². The quantitative estimate of drug-likeness (QED) is 0.718. The van der Waals surface area contributed by atoms with Crippen molar-refractivity contribution in [3.63, 3.8) is 0 Å². The van der Waals surface area contributed by atoms with Crippen LogP contribution in [-0.2, 0) is 12.8 Å². The third-order valence-corrected chi connectivity index (χ3v) is 3.69. The Balaban J connectivity index is 1.80. The lowest BCUT2D eigenvalue weighted by Gasteiger charge is -2.08. The van der Waals surface area contributed by atoms with E-state index in [4.69, 9.17) is 16.0 Å². The molecule has 1 unspecified atom stereocenters. The van der Waals surface area contributed by atoms with Crippen LogP contribution >= 0.6 is 27.5 Å². The first-order chi connectivity index (χ1) is 8.24. The van der Waals surface area contributed by atoms with E-state index in [1.165, 1.54) is 5.56 Å². The van der Waals surface area contributed by atoms with Gasteiger partial charge < -0.3 is 4.42 Å². The van der Waals surface area contributed by atoms with Crippen molar-refractivity contribution in [2.45, 2.75) is 24.1 Å². The van der Waals surface area contributed by atoms with Crippen molar-refractivity contribution in [1.29, 1.82) is 0 Å². The molecule has 0 N–H and O–H groups in total. The van der Waals surface area contributed by atoms with Crippen molar-refractivity contribution < 1.29 is 4.42 Å². The van der Waals surface area contributed by atoms with Crippen LogP contribution in [0.25, 0.3) is 0 Å². The average Bonchev–Trinajstić information content (AvgIpc) is 2.83. The van der Waals surface area contributed by atoms with Gasteiger partial charge in [-0.05, 0) is 42.7 Å². The lowest BCUT2D eigenvalue weighted by molar-refractivity contribution is 0.500. The SMILES string of the molecule is Clc1ccc(CC(Br)CCc2ccco2)cc1. The molecule has 1 heterocycles. The molecular formula is C14H14BrClO. The Morgan fingerprint density at radius 1 is 1.18 bits per heavy atom. The van der Waals surface area contributed by atoms with Gasteiger partial charge in [-0.3, -0.25) is 0 Å². The molecule has 0 radical (unpaired) electrons. The van der Waals surface area contributed by atoms with Crippen LogP contribution in [-0.4, -0.2) is 4.83 Å². The number of alkyl halides is 1. The van der Waals surface area contributed by atoms with Gasteiger partial charge in [0.2, 0.25) is 0 Å². The van der Waals surface area contributed by atoms with Gasteiger partial charge in [-0.1, -0.05) is 39.7 Å². The number of hydrogen-bond acceptors (Lipinski definition) is 1. The Morgan fingerprint density at radius 2 is 1.94 bits per heavy atom. The predicted molar refractivity (Wildman–Crippen MR) is 74.9 cm³/mol. The second-order valence-electron chi connectivity index (χ2n) is 4.05. The Bertz CT molecular complexity index is 436. The summed E-state index contributed by atoms with van der Waals surface area (Å²) < 4.78 is 5.31. The Labute approximate surface area is 115 Å². The van der Waals surface area contributed by atoms with Crippen LogP contribution in [0.15, 0.2) is 47.1 Å². The van der Waals surface area contributed by atoms with Gasteiger partial charge in [0, 0.05) is 16.3 Å². The second kappa shape index (κ2) is 6.27. The molecule has 90 valence electrons. The largest absolute Gasteiger partial charge is 0.469 e. The summed E-state index contributed by atoms with van der Waals surface area (Å²) in [6.07, 6.45) is 4.77. The molecule has 1 aromatic carbocycles. The van der Waals surface area contributed by atoms with Crippen LogP contribution in [0.1, 0.15) is 17.7 Å². The van der Waals surface area contributed by atoms with E-state index in [-0.39, 0.29) is 0 Å². The van der Waals surface area contributed by atoms with Gasteiger partial charge in [0.05, 0.1) is 6.26 Å². The Kier molecular flexibility index (Phi) is 4.69. The summed E-state index contributed by atoms with van der Waals surface area (Å²) in [6, 6.07) is 12.0. The molecule has 0 saturated heterocycles. The molecule has 2 aromatic rings. The minimum atomic E-state index is 0.466. The fourth-order valence-electron chi connectivity index (χ4n) is 1.73. The third kappa shape index (κ3) is 4.21. The molecule has 1 aromatic heterocycles. The predicted octanol–water partition coefficient (Wildman–Crippen LogP) is 4.87. The van der Waals surface area contributed by atoms with Crippen molar-refractivity contribution in [2.24, 2.45) is 0 Å². The third-order valence-electron chi connectivity index (χ3n) is 2.65. The van der Waals surface area contributed by atoms with Crippen LogP contribution in [0.5, 0.6) is 0 Å². The maximum Gasteiger partial charge on any atom is 0.103 e. The van der Waals surface area contributed by atoms with E-state index in [1.807, 2.05) is 24.3 Å². The average molecular weight is 314 g/mol. The summed E-state index contributed by atoms with van der Waals surface area (Å²) >= 11 is 9.56. The van der Waals surface area contributed by atoms with Gasteiger partial charge in [-0.25, -0.2) is 0 Å². The van der Waals surface area contributed by atoms with E-state index >= 15 is 0 Å². The van der Waals surface area contributed by atoms with Gasteiger partial charge in [0.15, 0.2) is 0 Å². The minimum Gasteiger partial charge on any atom is -0.469 e. The molecule has 0 bridgehead atoms. The summed E-state index contributed by atoms with van der Waals surface area (Å²) in [6.45, 7) is 0. The first-order valence-electron chi connectivity index (χ1n) is 5.65. The van der Waals surface area contributed by atoms with Gasteiger partial charge in [-0.2, -0.15) is 0 Å². The van der Waals surface area contributed by atoms with Crippen molar-refractivity contribution >= 4 is 27.5 Å². The first-order valence-corrected chi connectivity index (χ1v) is 6.94. The van der Waals surface area contributed by atoms with Crippen molar-refractivity contribution in [2.75, 3.05) is 0 Å². The number of benzene rings is 1. The molecule has 3 heteroatoms. The smallest absolute Gasteiger partial charge is 0.103 e. The minimum absolute atomic E-state index is 0.466. The van der Waals surface area contributed by atoms with Gasteiger partial charge >= 0.3 is 0 Å². The van der Waals surface area contributed by atoms with Gasteiger partial charge in [0.25, 0.3) is 0 Å². The first kappa shape index (κ1) is 12.7. The van der Waals surface area contributed by atoms with Crippen molar-refractivity contribution in [3.05, 3.63) is 59.0 Å². The number of rotatable bonds is 5. The van der Waals surface area contributed by atoms with E-state index in [1.54, 1.807) is 6.26 Å². The van der Waals surface area contributed by atoms with Crippen LogP contribution in [0, 0.1) is 0 Å². The standard InChI is InChI=1S/C14H14BrClO/c15-12(5-8-14-2-1-9-17-14)10-11-3-6-13(16)7-4-11/h1-4,6-7,9,12H,5,8,10H2. The zero-order chi connectivity index (χ0) is 12.1. The number of hydrogen-bond donors (Lipinski definition) is 0. The van der Waals surface area contributed by atoms with Gasteiger partial charge in [0.1, 0.15) is 5.76 Å². The molecule has 0 saturated carbocycles. The Morgan fingerprint density at radius 3 is 2.59 bits per heavy atom. The summed E-state index contributed by atoms with van der Waals surface area (Å²) in [5.74, 6) is 1.05. The van der Waals surface area contributed by atoms with E-state index < -0.39 is 0 Å². The molecule has 1 atom stereocenters. The highest BCUT2D eigenvalue weighted by Crippen LogP contribution is 2.18. The normalized spacial score (nSPS) is 12.6. The van der Waals surface area contributed by atoms with Crippen LogP contribution in [0.2, 0.25) is 5.02 Å². The molecule has 0 fully saturated rings. The lowest BCUT2D eigenvalue weighted by Crippen LogP contribution is -2.04. The van der Waals surface area contributed by atoms with E-state index in [2.05, 4.69) is 28.1 Å². The zero-order valence-corrected chi connectivity index (χ0v) is 11.7. The maximum atomic E-state index is 5.85. The molecule has 0 spiro atoms. The molecule has 0 aliphatic heterocycles. The molecular weight excluding hydrogens is 300 g/mol. The van der Waals surface area contributed by atoms with Crippen LogP contribution < -0.4 is 0 Å². The summed E-state index contributed by atoms with van der Waals surface area (Å²) in [5.41, 5.74) is 1.30. The summed E-state index contributed by atoms with van der Waals surface area (Å²) in [4.78, 5) is 0.466. The van der Waals surface area contributed by atoms with Crippen molar-refractivity contribution in [1.82, 2.24) is 0 Å². The molecule has 0 aliphatic carbocycles. The number of aryl methyl sites for hydroxylation is 1. The maximum absolute atomic E-state index is 5.85. The fraction of sp³-hybridized carbons (Fsp3) is 0.286. The molecule has 0 aliphatic rings. The number of halogens is 2. The lowest BCUT2D eigenvalue weighted by atomic mass is 10.1. The summed E-state index contributed by atoms with van der Waals surface area (Å²) in [7, 11) is 0. The topological polar surface area (TPSA) is 13.1 Å².